The van der Waals surface area contributed by atoms with Gasteiger partial charge in [0.15, 0.2) is 0 Å². The van der Waals surface area contributed by atoms with Gasteiger partial charge in [-0.15, -0.1) is 0 Å². The average molecular weight is 266 g/mol. The second kappa shape index (κ2) is 4.14. The molecule has 0 radical (unpaired) electrons. The number of pyridine rings is 1. The molecule has 0 saturated heterocycles. The first-order valence-corrected chi connectivity index (χ1v) is 5.57. The van der Waals surface area contributed by atoms with Crippen LogP contribution >= 0.6 is 15.9 Å². The van der Waals surface area contributed by atoms with Gasteiger partial charge in [-0.1, -0.05) is 0 Å². The van der Waals surface area contributed by atoms with E-state index in [1.54, 1.807) is 0 Å². The van der Waals surface area contributed by atoms with E-state index >= 15 is 0 Å². The lowest BCUT2D eigenvalue weighted by Crippen LogP contribution is -1.94. The fraction of sp³-hybridized carbons (Fsp3) is 0.273. The average Bonchev–Trinajstić information content (AvgIpc) is 2.49. The molecular weight excluding hydrogens is 254 g/mol. The van der Waals surface area contributed by atoms with Gasteiger partial charge in [-0.2, -0.15) is 5.10 Å². The van der Waals surface area contributed by atoms with Gasteiger partial charge in [-0.3, -0.25) is 5.10 Å². The van der Waals surface area contributed by atoms with Crippen LogP contribution in [0.1, 0.15) is 22.6 Å². The molecule has 0 aliphatic carbocycles. The summed E-state index contributed by atoms with van der Waals surface area (Å²) in [6.07, 6.45) is 0.768. The van der Waals surface area contributed by atoms with E-state index < -0.39 is 0 Å². The molecule has 0 fully saturated rings. The molecule has 1 N–H and O–H groups in total. The second-order valence-electron chi connectivity index (χ2n) is 3.68. The predicted octanol–water partition coefficient (Wildman–Crippen LogP) is 2.77. The van der Waals surface area contributed by atoms with Gasteiger partial charge in [0, 0.05) is 17.8 Å². The van der Waals surface area contributed by atoms with Crippen molar-refractivity contribution in [3.63, 3.8) is 0 Å². The Morgan fingerprint density at radius 3 is 2.60 bits per heavy atom. The number of nitrogens with zero attached hydrogens (tertiary/aromatic N) is 2. The lowest BCUT2D eigenvalue weighted by Gasteiger charge is -2.00. The largest absolute Gasteiger partial charge is 0.283 e. The van der Waals surface area contributed by atoms with Crippen molar-refractivity contribution in [1.29, 1.82) is 0 Å². The Morgan fingerprint density at radius 1 is 1.20 bits per heavy atom. The van der Waals surface area contributed by atoms with Gasteiger partial charge in [-0.05, 0) is 53.5 Å². The van der Waals surface area contributed by atoms with E-state index in [-0.39, 0.29) is 0 Å². The molecule has 2 aromatic rings. The van der Waals surface area contributed by atoms with Crippen LogP contribution in [0.4, 0.5) is 0 Å². The third-order valence-corrected chi connectivity index (χ3v) is 2.52. The molecule has 15 heavy (non-hydrogen) atoms. The molecule has 0 unspecified atom stereocenters. The van der Waals surface area contributed by atoms with Gasteiger partial charge in [0.1, 0.15) is 4.60 Å². The Balaban J connectivity index is 2.24. The molecule has 0 atom stereocenters. The standard InChI is InChI=1S/C11H12BrN3/c1-7-3-9(13-11(12)4-7)6-10-5-8(2)14-15-10/h3-5H,6H2,1-2H3,(H,14,15). The van der Waals surface area contributed by atoms with Crippen molar-refractivity contribution in [3.05, 3.63) is 45.4 Å². The van der Waals surface area contributed by atoms with E-state index in [1.807, 2.05) is 19.1 Å². The maximum Gasteiger partial charge on any atom is 0.106 e. The Hall–Kier alpha value is -1.16. The third-order valence-electron chi connectivity index (χ3n) is 2.11. The molecule has 2 heterocycles. The summed E-state index contributed by atoms with van der Waals surface area (Å²) in [6.45, 7) is 4.06. The van der Waals surface area contributed by atoms with Gasteiger partial charge in [0.2, 0.25) is 0 Å². The molecule has 0 bridgehead atoms. The number of rotatable bonds is 2. The van der Waals surface area contributed by atoms with Crippen molar-refractivity contribution in [3.8, 4) is 0 Å². The van der Waals surface area contributed by atoms with E-state index in [1.165, 1.54) is 5.56 Å². The first kappa shape index (κ1) is 10.4. The van der Waals surface area contributed by atoms with Gasteiger partial charge in [0.05, 0.1) is 5.69 Å². The zero-order valence-corrected chi connectivity index (χ0v) is 10.3. The number of hydrogen-bond donors (Lipinski definition) is 1. The Morgan fingerprint density at radius 2 is 2.00 bits per heavy atom. The summed E-state index contributed by atoms with van der Waals surface area (Å²) < 4.78 is 0.879. The fourth-order valence-corrected chi connectivity index (χ4v) is 2.12. The van der Waals surface area contributed by atoms with Crippen LogP contribution in [-0.2, 0) is 6.42 Å². The maximum atomic E-state index is 4.40. The molecule has 2 rings (SSSR count). The van der Waals surface area contributed by atoms with Crippen LogP contribution in [0.3, 0.4) is 0 Å². The minimum absolute atomic E-state index is 0.768. The molecule has 0 saturated carbocycles. The van der Waals surface area contributed by atoms with Crippen LogP contribution < -0.4 is 0 Å². The highest BCUT2D eigenvalue weighted by Crippen LogP contribution is 2.13. The summed E-state index contributed by atoms with van der Waals surface area (Å²) >= 11 is 3.39. The highest BCUT2D eigenvalue weighted by atomic mass is 79.9. The summed E-state index contributed by atoms with van der Waals surface area (Å²) in [4.78, 5) is 4.40. The lowest BCUT2D eigenvalue weighted by molar-refractivity contribution is 0.950. The van der Waals surface area contributed by atoms with Crippen LogP contribution in [0.25, 0.3) is 0 Å². The molecule has 0 aliphatic heterocycles. The summed E-state index contributed by atoms with van der Waals surface area (Å²) in [6, 6.07) is 6.12. The summed E-state index contributed by atoms with van der Waals surface area (Å²) in [5.74, 6) is 0. The summed E-state index contributed by atoms with van der Waals surface area (Å²) in [5.41, 5.74) is 4.35. The van der Waals surface area contributed by atoms with Crippen LogP contribution in [0.2, 0.25) is 0 Å². The number of halogens is 1. The van der Waals surface area contributed by atoms with Crippen LogP contribution in [0.5, 0.6) is 0 Å². The molecule has 2 aromatic heterocycles. The fourth-order valence-electron chi connectivity index (χ4n) is 1.54. The van der Waals surface area contributed by atoms with Crippen molar-refractivity contribution in [2.45, 2.75) is 20.3 Å². The van der Waals surface area contributed by atoms with E-state index in [2.05, 4.69) is 44.1 Å². The Labute approximate surface area is 97.1 Å². The molecule has 4 heteroatoms. The van der Waals surface area contributed by atoms with Gasteiger partial charge < -0.3 is 0 Å². The Bertz CT molecular complexity index is 456. The quantitative estimate of drug-likeness (QED) is 0.849. The van der Waals surface area contributed by atoms with E-state index in [0.717, 1.165) is 28.1 Å². The molecule has 78 valence electrons. The molecule has 0 aliphatic rings. The first-order valence-electron chi connectivity index (χ1n) is 4.77. The number of hydrogen-bond acceptors (Lipinski definition) is 2. The topological polar surface area (TPSA) is 41.6 Å². The molecule has 0 amide bonds. The van der Waals surface area contributed by atoms with Crippen molar-refractivity contribution < 1.29 is 0 Å². The number of aryl methyl sites for hydroxylation is 2. The smallest absolute Gasteiger partial charge is 0.106 e. The summed E-state index contributed by atoms with van der Waals surface area (Å²) in [7, 11) is 0. The van der Waals surface area contributed by atoms with Crippen LogP contribution in [-0.4, -0.2) is 15.2 Å². The predicted molar refractivity (Wildman–Crippen MR) is 62.8 cm³/mol. The van der Waals surface area contributed by atoms with Gasteiger partial charge >= 0.3 is 0 Å². The van der Waals surface area contributed by atoms with E-state index in [9.17, 15) is 0 Å². The van der Waals surface area contributed by atoms with Crippen LogP contribution in [0.15, 0.2) is 22.8 Å². The number of aromatic amines is 1. The first-order chi connectivity index (χ1) is 7.13. The third kappa shape index (κ3) is 2.65. The zero-order valence-electron chi connectivity index (χ0n) is 8.71. The van der Waals surface area contributed by atoms with Crippen LogP contribution in [0, 0.1) is 13.8 Å². The second-order valence-corrected chi connectivity index (χ2v) is 4.49. The SMILES string of the molecule is Cc1cc(Br)nc(Cc2cc(C)[nH]n2)c1. The molecule has 0 spiro atoms. The maximum absolute atomic E-state index is 4.40. The Kier molecular flexibility index (Phi) is 2.86. The van der Waals surface area contributed by atoms with Gasteiger partial charge in [-0.25, -0.2) is 4.98 Å². The minimum Gasteiger partial charge on any atom is -0.283 e. The monoisotopic (exact) mass is 265 g/mol. The minimum atomic E-state index is 0.768. The van der Waals surface area contributed by atoms with Crippen molar-refractivity contribution in [2.75, 3.05) is 0 Å². The van der Waals surface area contributed by atoms with E-state index in [0.29, 0.717) is 0 Å². The van der Waals surface area contributed by atoms with Crippen molar-refractivity contribution >= 4 is 15.9 Å². The lowest BCUT2D eigenvalue weighted by atomic mass is 10.2. The molecular formula is C11H12BrN3. The highest BCUT2D eigenvalue weighted by molar-refractivity contribution is 9.10. The van der Waals surface area contributed by atoms with Crippen molar-refractivity contribution in [2.24, 2.45) is 0 Å². The number of aromatic nitrogens is 3. The van der Waals surface area contributed by atoms with Crippen molar-refractivity contribution in [1.82, 2.24) is 15.2 Å². The zero-order chi connectivity index (χ0) is 10.8. The summed E-state index contributed by atoms with van der Waals surface area (Å²) in [5, 5.41) is 7.12. The molecule has 0 aromatic carbocycles. The normalized spacial score (nSPS) is 10.6. The molecule has 3 nitrogen and oxygen atoms in total. The van der Waals surface area contributed by atoms with Gasteiger partial charge in [0.25, 0.3) is 0 Å². The highest BCUT2D eigenvalue weighted by Gasteiger charge is 2.03. The number of nitrogens with one attached hydrogen (secondary N) is 1. The van der Waals surface area contributed by atoms with E-state index in [4.69, 9.17) is 0 Å². The number of H-pyrrole nitrogens is 1.